The maximum absolute atomic E-state index is 5.67. The summed E-state index contributed by atoms with van der Waals surface area (Å²) in [7, 11) is 0. The molecule has 1 aliphatic heterocycles. The van der Waals surface area contributed by atoms with E-state index >= 15 is 0 Å². The molecule has 0 unspecified atom stereocenters. The van der Waals surface area contributed by atoms with Crippen LogP contribution in [0.15, 0.2) is 24.3 Å². The van der Waals surface area contributed by atoms with Crippen LogP contribution in [0.3, 0.4) is 0 Å². The molecule has 3 aliphatic rings. The third kappa shape index (κ3) is 1.27. The number of fused-ring (bicyclic) bond motifs is 1. The van der Waals surface area contributed by atoms with Gasteiger partial charge in [-0.25, -0.2) is 0 Å². The Bertz CT molecular complexity index is 356. The highest BCUT2D eigenvalue weighted by Crippen LogP contribution is 2.63. The van der Waals surface area contributed by atoms with Crippen LogP contribution < -0.4 is 0 Å². The van der Waals surface area contributed by atoms with E-state index in [1.165, 1.54) is 36.8 Å². The molecular formula is C15H22O. The molecule has 1 nitrogen and oxygen atoms in total. The van der Waals surface area contributed by atoms with Crippen LogP contribution in [-0.4, -0.2) is 12.2 Å². The quantitative estimate of drug-likeness (QED) is 0.483. The van der Waals surface area contributed by atoms with Gasteiger partial charge in [-0.1, -0.05) is 31.2 Å². The minimum absolute atomic E-state index is 0.384. The molecule has 0 radical (unpaired) electrons. The Morgan fingerprint density at radius 2 is 2.19 bits per heavy atom. The summed E-state index contributed by atoms with van der Waals surface area (Å²) in [4.78, 5) is 0. The number of rotatable bonds is 1. The molecule has 5 atom stereocenters. The van der Waals surface area contributed by atoms with Crippen molar-refractivity contribution in [3.8, 4) is 0 Å². The second-order valence-corrected chi connectivity index (χ2v) is 6.18. The van der Waals surface area contributed by atoms with Crippen LogP contribution >= 0.6 is 0 Å². The molecular weight excluding hydrogens is 196 g/mol. The first kappa shape index (κ1) is 10.6. The Hall–Kier alpha value is -0.560. The largest absolute Gasteiger partial charge is 0.369 e. The van der Waals surface area contributed by atoms with E-state index < -0.39 is 0 Å². The van der Waals surface area contributed by atoms with Gasteiger partial charge < -0.3 is 4.74 Å². The molecule has 3 fully saturated rings. The van der Waals surface area contributed by atoms with Gasteiger partial charge in [0.25, 0.3) is 0 Å². The predicted molar refractivity (Wildman–Crippen MR) is 66.2 cm³/mol. The van der Waals surface area contributed by atoms with Crippen molar-refractivity contribution >= 4 is 0 Å². The number of ether oxygens (including phenoxy) is 1. The zero-order valence-electron chi connectivity index (χ0n) is 10.5. The van der Waals surface area contributed by atoms with Crippen LogP contribution in [-0.2, 0) is 4.74 Å². The lowest BCUT2D eigenvalue weighted by atomic mass is 9.61. The summed E-state index contributed by atoms with van der Waals surface area (Å²) in [6.45, 7) is 13.1. The van der Waals surface area contributed by atoms with Crippen molar-refractivity contribution in [2.45, 2.75) is 51.7 Å². The van der Waals surface area contributed by atoms with Gasteiger partial charge in [-0.15, -0.1) is 0 Å². The molecule has 0 aromatic carbocycles. The standard InChI is InChI=1S/C15H22O/c1-9(2)12-6-5-10(3)15(7-12)8-13-14(16-13)11(15)4/h11-14H,1,3,5-8H2,2,4H3/t11-,12-,13-,14+,15+/m1/s1. The SMILES string of the molecule is C=C(C)[C@@H]1CCC(=C)[C@]2(C1)C[C@H]1O[C@H]1[C@H]2C. The van der Waals surface area contributed by atoms with Gasteiger partial charge in [0.2, 0.25) is 0 Å². The molecule has 88 valence electrons. The highest BCUT2D eigenvalue weighted by molar-refractivity contribution is 5.26. The van der Waals surface area contributed by atoms with Crippen LogP contribution in [0.25, 0.3) is 0 Å². The topological polar surface area (TPSA) is 12.5 Å². The lowest BCUT2D eigenvalue weighted by Crippen LogP contribution is -2.36. The van der Waals surface area contributed by atoms with E-state index in [0.29, 0.717) is 29.5 Å². The molecule has 1 spiro atoms. The highest BCUT2D eigenvalue weighted by atomic mass is 16.6. The lowest BCUT2D eigenvalue weighted by molar-refractivity contribution is 0.0982. The van der Waals surface area contributed by atoms with E-state index in [-0.39, 0.29) is 0 Å². The molecule has 0 aromatic heterocycles. The summed E-state index contributed by atoms with van der Waals surface area (Å²) >= 11 is 0. The molecule has 2 aliphatic carbocycles. The van der Waals surface area contributed by atoms with Gasteiger partial charge in [0, 0.05) is 0 Å². The van der Waals surface area contributed by atoms with Crippen molar-refractivity contribution in [2.75, 3.05) is 0 Å². The molecule has 1 saturated heterocycles. The molecule has 0 amide bonds. The van der Waals surface area contributed by atoms with Crippen LogP contribution in [0.1, 0.15) is 39.5 Å². The molecule has 0 bridgehead atoms. The Morgan fingerprint density at radius 1 is 1.44 bits per heavy atom. The maximum Gasteiger partial charge on any atom is 0.0876 e. The van der Waals surface area contributed by atoms with E-state index in [4.69, 9.17) is 4.74 Å². The molecule has 0 N–H and O–H groups in total. The van der Waals surface area contributed by atoms with Gasteiger partial charge in [0.05, 0.1) is 12.2 Å². The highest BCUT2D eigenvalue weighted by Gasteiger charge is 2.62. The third-order valence-corrected chi connectivity index (χ3v) is 5.36. The van der Waals surface area contributed by atoms with Gasteiger partial charge in [0.15, 0.2) is 0 Å². The molecule has 1 heteroatoms. The zero-order chi connectivity index (χ0) is 11.5. The van der Waals surface area contributed by atoms with E-state index in [2.05, 4.69) is 27.0 Å². The van der Waals surface area contributed by atoms with Crippen molar-refractivity contribution in [1.29, 1.82) is 0 Å². The maximum atomic E-state index is 5.67. The normalized spacial score (nSPS) is 50.5. The first-order chi connectivity index (χ1) is 7.54. The summed E-state index contributed by atoms with van der Waals surface area (Å²) in [5, 5.41) is 0. The summed E-state index contributed by atoms with van der Waals surface area (Å²) in [6.07, 6.45) is 6.05. The summed E-state index contributed by atoms with van der Waals surface area (Å²) < 4.78 is 5.67. The van der Waals surface area contributed by atoms with Crippen LogP contribution in [0.4, 0.5) is 0 Å². The summed E-state index contributed by atoms with van der Waals surface area (Å²) in [5.74, 6) is 1.39. The third-order valence-electron chi connectivity index (χ3n) is 5.36. The average Bonchev–Trinajstić information content (AvgIpc) is 2.93. The minimum Gasteiger partial charge on any atom is -0.369 e. The van der Waals surface area contributed by atoms with E-state index in [1.54, 1.807) is 0 Å². The fourth-order valence-corrected chi connectivity index (χ4v) is 4.06. The monoisotopic (exact) mass is 218 g/mol. The van der Waals surface area contributed by atoms with Gasteiger partial charge in [0.1, 0.15) is 0 Å². The number of hydrogen-bond acceptors (Lipinski definition) is 1. The first-order valence-corrected chi connectivity index (χ1v) is 6.54. The van der Waals surface area contributed by atoms with E-state index in [9.17, 15) is 0 Å². The van der Waals surface area contributed by atoms with Crippen LogP contribution in [0.5, 0.6) is 0 Å². The van der Waals surface area contributed by atoms with Crippen LogP contribution in [0.2, 0.25) is 0 Å². The Kier molecular flexibility index (Phi) is 2.13. The second kappa shape index (κ2) is 3.22. The van der Waals surface area contributed by atoms with Gasteiger partial charge >= 0.3 is 0 Å². The first-order valence-electron chi connectivity index (χ1n) is 6.54. The van der Waals surface area contributed by atoms with Crippen molar-refractivity contribution in [1.82, 2.24) is 0 Å². The van der Waals surface area contributed by atoms with Gasteiger partial charge in [-0.3, -0.25) is 0 Å². The smallest absolute Gasteiger partial charge is 0.0876 e. The summed E-state index contributed by atoms with van der Waals surface area (Å²) in [6, 6.07) is 0. The van der Waals surface area contributed by atoms with E-state index in [0.717, 1.165) is 0 Å². The number of epoxide rings is 1. The minimum atomic E-state index is 0.384. The number of allylic oxidation sites excluding steroid dienone is 2. The lowest BCUT2D eigenvalue weighted by Gasteiger charge is -2.44. The summed E-state index contributed by atoms with van der Waals surface area (Å²) in [5.41, 5.74) is 3.24. The fraction of sp³-hybridized carbons (Fsp3) is 0.733. The second-order valence-electron chi connectivity index (χ2n) is 6.18. The molecule has 2 saturated carbocycles. The molecule has 16 heavy (non-hydrogen) atoms. The fourth-order valence-electron chi connectivity index (χ4n) is 4.06. The molecule has 3 rings (SSSR count). The van der Waals surface area contributed by atoms with Crippen molar-refractivity contribution < 1.29 is 4.74 Å². The molecule has 0 aromatic rings. The molecule has 1 heterocycles. The van der Waals surface area contributed by atoms with Crippen LogP contribution in [0, 0.1) is 17.3 Å². The Labute approximate surface area is 98.6 Å². The average molecular weight is 218 g/mol. The number of hydrogen-bond donors (Lipinski definition) is 0. The Balaban J connectivity index is 1.87. The van der Waals surface area contributed by atoms with Crippen molar-refractivity contribution in [2.24, 2.45) is 17.3 Å². The Morgan fingerprint density at radius 3 is 2.75 bits per heavy atom. The van der Waals surface area contributed by atoms with Gasteiger partial charge in [-0.2, -0.15) is 0 Å². The van der Waals surface area contributed by atoms with E-state index in [1.807, 2.05) is 0 Å². The zero-order valence-corrected chi connectivity index (χ0v) is 10.5. The van der Waals surface area contributed by atoms with Gasteiger partial charge in [-0.05, 0) is 49.9 Å². The van der Waals surface area contributed by atoms with Crippen molar-refractivity contribution in [3.05, 3.63) is 24.3 Å². The van der Waals surface area contributed by atoms with Crippen molar-refractivity contribution in [3.63, 3.8) is 0 Å². The predicted octanol–water partition coefficient (Wildman–Crippen LogP) is 3.71.